The van der Waals surface area contributed by atoms with Gasteiger partial charge in [-0.2, -0.15) is 0 Å². The fraction of sp³-hybridized carbons (Fsp3) is 0.440. The number of nitrogens with one attached hydrogen (secondary N) is 2. The van der Waals surface area contributed by atoms with Gasteiger partial charge in [0.1, 0.15) is 24.7 Å². The molecule has 9 heteroatoms. The van der Waals surface area contributed by atoms with Crippen molar-refractivity contribution in [2.75, 3.05) is 27.3 Å². The van der Waals surface area contributed by atoms with E-state index in [9.17, 15) is 9.59 Å². The summed E-state index contributed by atoms with van der Waals surface area (Å²) in [6.45, 7) is 1.38. The Morgan fingerprint density at radius 3 is 1.47 bits per heavy atom. The number of nitrogens with two attached hydrogens (primary N) is 1. The third kappa shape index (κ3) is 10.9. The molecule has 0 bridgehead atoms. The highest BCUT2D eigenvalue weighted by Crippen LogP contribution is 2.13. The van der Waals surface area contributed by atoms with Crippen LogP contribution in [0.25, 0.3) is 0 Å². The zero-order valence-electron chi connectivity index (χ0n) is 19.9. The lowest BCUT2D eigenvalue weighted by Gasteiger charge is -2.12. The van der Waals surface area contributed by atoms with Gasteiger partial charge in [-0.3, -0.25) is 0 Å². The Kier molecular flexibility index (Phi) is 12.1. The molecule has 2 aromatic carbocycles. The fourth-order valence-electron chi connectivity index (χ4n) is 3.10. The van der Waals surface area contributed by atoms with Gasteiger partial charge in [0.2, 0.25) is 0 Å². The highest BCUT2D eigenvalue weighted by Gasteiger charge is 2.07. The van der Waals surface area contributed by atoms with Crippen molar-refractivity contribution in [1.82, 2.24) is 10.6 Å². The Hall–Kier alpha value is -3.46. The van der Waals surface area contributed by atoms with Gasteiger partial charge in [-0.1, -0.05) is 24.3 Å². The molecule has 0 radical (unpaired) electrons. The molecule has 186 valence electrons. The topological polar surface area (TPSA) is 121 Å². The number of hydrogen-bond acceptors (Lipinski definition) is 7. The minimum Gasteiger partial charge on any atom is -0.497 e. The van der Waals surface area contributed by atoms with E-state index in [4.69, 9.17) is 24.7 Å². The van der Waals surface area contributed by atoms with Crippen molar-refractivity contribution in [3.05, 3.63) is 59.7 Å². The average molecular weight is 474 g/mol. The molecule has 0 fully saturated rings. The molecule has 0 aliphatic heterocycles. The first kappa shape index (κ1) is 26.8. The molecule has 2 rings (SSSR count). The van der Waals surface area contributed by atoms with E-state index >= 15 is 0 Å². The quantitative estimate of drug-likeness (QED) is 0.357. The van der Waals surface area contributed by atoms with Crippen LogP contribution in [-0.2, 0) is 22.7 Å². The maximum atomic E-state index is 11.8. The Bertz CT molecular complexity index is 786. The average Bonchev–Trinajstić information content (AvgIpc) is 2.87. The largest absolute Gasteiger partial charge is 0.497 e. The van der Waals surface area contributed by atoms with Crippen LogP contribution in [0, 0.1) is 0 Å². The molecule has 2 amide bonds. The number of carbonyl (C=O) groups excluding carboxylic acids is 2. The molecule has 4 N–H and O–H groups in total. The van der Waals surface area contributed by atoms with Gasteiger partial charge >= 0.3 is 12.2 Å². The molecular formula is C25H35N3O6. The molecule has 0 spiro atoms. The predicted molar refractivity (Wildman–Crippen MR) is 129 cm³/mol. The first-order valence-electron chi connectivity index (χ1n) is 11.3. The van der Waals surface area contributed by atoms with Gasteiger partial charge in [-0.05, 0) is 61.1 Å². The third-order valence-corrected chi connectivity index (χ3v) is 5.10. The lowest BCUT2D eigenvalue weighted by atomic mass is 10.1. The first-order valence-corrected chi connectivity index (χ1v) is 11.3. The molecule has 0 saturated heterocycles. The summed E-state index contributed by atoms with van der Waals surface area (Å²) in [7, 11) is 3.20. The van der Waals surface area contributed by atoms with E-state index in [0.717, 1.165) is 48.3 Å². The molecular weight excluding hydrogens is 438 g/mol. The zero-order valence-corrected chi connectivity index (χ0v) is 19.9. The summed E-state index contributed by atoms with van der Waals surface area (Å²) in [6.07, 6.45) is 2.11. The molecule has 34 heavy (non-hydrogen) atoms. The monoisotopic (exact) mass is 473 g/mol. The minimum atomic E-state index is -0.457. The van der Waals surface area contributed by atoms with Crippen molar-refractivity contribution in [2.45, 2.75) is 44.9 Å². The van der Waals surface area contributed by atoms with Crippen LogP contribution in [0.3, 0.4) is 0 Å². The van der Waals surface area contributed by atoms with E-state index < -0.39 is 12.2 Å². The zero-order chi connectivity index (χ0) is 24.6. The van der Waals surface area contributed by atoms with Gasteiger partial charge in [0.05, 0.1) is 14.2 Å². The second-order valence-electron chi connectivity index (χ2n) is 7.75. The molecule has 0 aliphatic rings. The number of carbonyl (C=O) groups is 2. The van der Waals surface area contributed by atoms with Crippen molar-refractivity contribution < 1.29 is 28.5 Å². The van der Waals surface area contributed by atoms with Gasteiger partial charge in [-0.25, -0.2) is 9.59 Å². The fourth-order valence-corrected chi connectivity index (χ4v) is 3.10. The number of amides is 2. The summed E-state index contributed by atoms with van der Waals surface area (Å²) in [5.74, 6) is 1.51. The molecule has 9 nitrogen and oxygen atoms in total. The SMILES string of the molecule is COc1ccc(COC(=O)NCCCC(N)CCCNC(=O)OCc2ccc(OC)cc2)cc1. The van der Waals surface area contributed by atoms with E-state index in [1.807, 2.05) is 48.5 Å². The lowest BCUT2D eigenvalue weighted by molar-refractivity contribution is 0.139. The molecule has 0 atom stereocenters. The van der Waals surface area contributed by atoms with E-state index in [2.05, 4.69) is 10.6 Å². The van der Waals surface area contributed by atoms with E-state index in [1.165, 1.54) is 0 Å². The number of benzene rings is 2. The van der Waals surface area contributed by atoms with Crippen molar-refractivity contribution >= 4 is 12.2 Å². The summed E-state index contributed by atoms with van der Waals surface area (Å²) >= 11 is 0. The number of hydrogen-bond donors (Lipinski definition) is 3. The number of methoxy groups -OCH3 is 2. The lowest BCUT2D eigenvalue weighted by Crippen LogP contribution is -2.29. The van der Waals surface area contributed by atoms with Gasteiger partial charge < -0.3 is 35.3 Å². The molecule has 0 heterocycles. The summed E-state index contributed by atoms with van der Waals surface area (Å²) in [4.78, 5) is 23.6. The van der Waals surface area contributed by atoms with Crippen LogP contribution in [0.4, 0.5) is 9.59 Å². The van der Waals surface area contributed by atoms with Crippen LogP contribution in [0.1, 0.15) is 36.8 Å². The maximum absolute atomic E-state index is 11.8. The number of ether oxygens (including phenoxy) is 4. The van der Waals surface area contributed by atoms with Crippen molar-refractivity contribution in [1.29, 1.82) is 0 Å². The Balaban J connectivity index is 1.45. The van der Waals surface area contributed by atoms with Crippen LogP contribution in [0.15, 0.2) is 48.5 Å². The van der Waals surface area contributed by atoms with Crippen molar-refractivity contribution in [3.8, 4) is 11.5 Å². The van der Waals surface area contributed by atoms with Crippen LogP contribution in [0.2, 0.25) is 0 Å². The van der Waals surface area contributed by atoms with Crippen LogP contribution >= 0.6 is 0 Å². The highest BCUT2D eigenvalue weighted by molar-refractivity contribution is 5.67. The second kappa shape index (κ2) is 15.4. The van der Waals surface area contributed by atoms with E-state index in [0.29, 0.717) is 13.1 Å². The van der Waals surface area contributed by atoms with E-state index in [-0.39, 0.29) is 19.3 Å². The van der Waals surface area contributed by atoms with Crippen molar-refractivity contribution in [2.24, 2.45) is 5.73 Å². The van der Waals surface area contributed by atoms with Gasteiger partial charge in [-0.15, -0.1) is 0 Å². The summed E-state index contributed by atoms with van der Waals surface area (Å²) in [5, 5.41) is 5.45. The van der Waals surface area contributed by atoms with E-state index in [1.54, 1.807) is 14.2 Å². The first-order chi connectivity index (χ1) is 16.5. The Labute approximate surface area is 200 Å². The van der Waals surface area contributed by atoms with Crippen LogP contribution in [0.5, 0.6) is 11.5 Å². The minimum absolute atomic E-state index is 0.00533. The van der Waals surface area contributed by atoms with Gasteiger partial charge in [0.25, 0.3) is 0 Å². The van der Waals surface area contributed by atoms with Crippen LogP contribution < -0.4 is 25.8 Å². The number of alkyl carbamates (subject to hydrolysis) is 2. The molecule has 0 aliphatic carbocycles. The maximum Gasteiger partial charge on any atom is 0.407 e. The smallest absolute Gasteiger partial charge is 0.407 e. The molecule has 0 aromatic heterocycles. The molecule has 2 aromatic rings. The van der Waals surface area contributed by atoms with Crippen LogP contribution in [-0.4, -0.2) is 45.5 Å². The summed E-state index contributed by atoms with van der Waals surface area (Å²) < 4.78 is 20.6. The molecule has 0 unspecified atom stereocenters. The molecule has 0 saturated carbocycles. The standard InChI is InChI=1S/C25H35N3O6/c1-31-22-11-7-19(8-12-22)17-33-24(29)27-15-3-5-21(26)6-4-16-28-25(30)34-18-20-9-13-23(32-2)14-10-20/h7-14,21H,3-6,15-18,26H2,1-2H3,(H,27,29)(H,28,30). The summed E-state index contributed by atoms with van der Waals surface area (Å²) in [5.41, 5.74) is 7.89. The van der Waals surface area contributed by atoms with Crippen molar-refractivity contribution in [3.63, 3.8) is 0 Å². The van der Waals surface area contributed by atoms with Gasteiger partial charge in [0.15, 0.2) is 0 Å². The summed E-state index contributed by atoms with van der Waals surface area (Å²) in [6, 6.07) is 14.7. The Morgan fingerprint density at radius 1 is 0.735 bits per heavy atom. The third-order valence-electron chi connectivity index (χ3n) is 5.10. The highest BCUT2D eigenvalue weighted by atomic mass is 16.6. The normalized spacial score (nSPS) is 10.5. The van der Waals surface area contributed by atoms with Gasteiger partial charge in [0, 0.05) is 19.1 Å². The second-order valence-corrected chi connectivity index (χ2v) is 7.75. The predicted octanol–water partition coefficient (Wildman–Crippen LogP) is 3.74. The Morgan fingerprint density at radius 2 is 1.12 bits per heavy atom. The number of rotatable bonds is 14.